The van der Waals surface area contributed by atoms with E-state index in [2.05, 4.69) is 54.8 Å². The van der Waals surface area contributed by atoms with Crippen molar-refractivity contribution in [3.63, 3.8) is 0 Å². The summed E-state index contributed by atoms with van der Waals surface area (Å²) in [6.45, 7) is 2.21. The normalized spacial score (nSPS) is 12.7. The van der Waals surface area contributed by atoms with Crippen LogP contribution in [0.5, 0.6) is 0 Å². The first-order valence-corrected chi connectivity index (χ1v) is 8.01. The van der Waals surface area contributed by atoms with Crippen molar-refractivity contribution >= 4 is 22.5 Å². The number of hydrogen-bond donors (Lipinski definition) is 2. The van der Waals surface area contributed by atoms with Crippen LogP contribution in [0.1, 0.15) is 18.9 Å². The predicted octanol–water partition coefficient (Wildman–Crippen LogP) is 3.36. The number of rotatable bonds is 7. The lowest BCUT2D eigenvalue weighted by Crippen LogP contribution is -2.38. The van der Waals surface area contributed by atoms with E-state index < -0.39 is 0 Å². The molecule has 0 bridgehead atoms. The minimum Gasteiger partial charge on any atom is -0.271 e. The van der Waals surface area contributed by atoms with E-state index in [0.717, 1.165) is 12.2 Å². The minimum atomic E-state index is 0.336. The molecule has 102 valence electrons. The zero-order chi connectivity index (χ0) is 13.5. The van der Waals surface area contributed by atoms with Gasteiger partial charge in [0.25, 0.3) is 0 Å². The fraction of sp³-hybridized carbons (Fsp3) is 0.375. The van der Waals surface area contributed by atoms with Crippen LogP contribution in [0.4, 0.5) is 0 Å². The van der Waals surface area contributed by atoms with Crippen molar-refractivity contribution in [2.75, 3.05) is 11.5 Å². The quantitative estimate of drug-likeness (QED) is 0.462. The van der Waals surface area contributed by atoms with Crippen LogP contribution in [0.2, 0.25) is 0 Å². The van der Waals surface area contributed by atoms with Gasteiger partial charge in [0, 0.05) is 11.8 Å². The Labute approximate surface area is 119 Å². The second kappa shape index (κ2) is 7.53. The molecule has 1 unspecified atom stereocenters. The Morgan fingerprint density at radius 1 is 1.16 bits per heavy atom. The molecule has 3 heteroatoms. The molecular weight excluding hydrogens is 252 g/mol. The van der Waals surface area contributed by atoms with Crippen LogP contribution in [-0.2, 0) is 6.42 Å². The Hall–Kier alpha value is -1.03. The van der Waals surface area contributed by atoms with Gasteiger partial charge in [0.1, 0.15) is 0 Å². The Kier molecular flexibility index (Phi) is 5.70. The van der Waals surface area contributed by atoms with Gasteiger partial charge >= 0.3 is 0 Å². The van der Waals surface area contributed by atoms with Gasteiger partial charge in [-0.1, -0.05) is 49.4 Å². The maximum absolute atomic E-state index is 5.68. The SMILES string of the molecule is CCCSCC(Cc1cccc2ccccc12)NN. The number of nitrogens with one attached hydrogen (secondary N) is 1. The van der Waals surface area contributed by atoms with Crippen LogP contribution in [0.15, 0.2) is 42.5 Å². The summed E-state index contributed by atoms with van der Waals surface area (Å²) >= 11 is 1.97. The van der Waals surface area contributed by atoms with Crippen molar-refractivity contribution in [3.05, 3.63) is 48.0 Å². The molecule has 1 atom stereocenters. The summed E-state index contributed by atoms with van der Waals surface area (Å²) in [6.07, 6.45) is 2.20. The number of benzene rings is 2. The second-order valence-corrected chi connectivity index (χ2v) is 5.93. The third kappa shape index (κ3) is 3.96. The van der Waals surface area contributed by atoms with E-state index in [4.69, 9.17) is 5.84 Å². The van der Waals surface area contributed by atoms with Gasteiger partial charge in [0.05, 0.1) is 0 Å². The lowest BCUT2D eigenvalue weighted by atomic mass is 10.00. The summed E-state index contributed by atoms with van der Waals surface area (Å²) in [5.74, 6) is 7.95. The Bertz CT molecular complexity index is 508. The molecule has 0 heterocycles. The predicted molar refractivity (Wildman–Crippen MR) is 86.4 cm³/mol. The summed E-state index contributed by atoms with van der Waals surface area (Å²) < 4.78 is 0. The van der Waals surface area contributed by atoms with Crippen LogP contribution >= 0.6 is 11.8 Å². The van der Waals surface area contributed by atoms with Crippen LogP contribution in [0, 0.1) is 0 Å². The number of nitrogens with two attached hydrogens (primary N) is 1. The molecule has 0 saturated heterocycles. The highest BCUT2D eigenvalue weighted by atomic mass is 32.2. The fourth-order valence-electron chi connectivity index (χ4n) is 2.27. The van der Waals surface area contributed by atoms with E-state index in [9.17, 15) is 0 Å². The number of hydrazine groups is 1. The van der Waals surface area contributed by atoms with E-state index in [1.165, 1.54) is 28.5 Å². The summed E-state index contributed by atoms with van der Waals surface area (Å²) in [5, 5.41) is 2.64. The molecule has 0 aliphatic carbocycles. The maximum atomic E-state index is 5.68. The standard InChI is InChI=1S/C16H22N2S/c1-2-10-19-12-15(18-17)11-14-8-5-7-13-6-3-4-9-16(13)14/h3-9,15,18H,2,10-12,17H2,1H3. The molecular formula is C16H22N2S. The first-order chi connectivity index (χ1) is 9.35. The van der Waals surface area contributed by atoms with Crippen molar-refractivity contribution in [2.45, 2.75) is 25.8 Å². The van der Waals surface area contributed by atoms with Gasteiger partial charge in [0.15, 0.2) is 0 Å². The van der Waals surface area contributed by atoms with Gasteiger partial charge in [-0.15, -0.1) is 0 Å². The van der Waals surface area contributed by atoms with Crippen molar-refractivity contribution in [1.82, 2.24) is 5.43 Å². The average molecular weight is 274 g/mol. The molecule has 0 radical (unpaired) electrons. The van der Waals surface area contributed by atoms with Crippen molar-refractivity contribution in [1.29, 1.82) is 0 Å². The first kappa shape index (κ1) is 14.4. The monoisotopic (exact) mass is 274 g/mol. The maximum Gasteiger partial charge on any atom is 0.0341 e. The Morgan fingerprint density at radius 3 is 2.74 bits per heavy atom. The van der Waals surface area contributed by atoms with E-state index >= 15 is 0 Å². The summed E-state index contributed by atoms with van der Waals surface area (Å²) in [5.41, 5.74) is 4.33. The Morgan fingerprint density at radius 2 is 1.95 bits per heavy atom. The zero-order valence-electron chi connectivity index (χ0n) is 11.4. The van der Waals surface area contributed by atoms with Gasteiger partial charge in [-0.05, 0) is 34.9 Å². The number of fused-ring (bicyclic) bond motifs is 1. The van der Waals surface area contributed by atoms with E-state index in [1.54, 1.807) is 0 Å². The van der Waals surface area contributed by atoms with Crippen LogP contribution in [0.3, 0.4) is 0 Å². The van der Waals surface area contributed by atoms with Crippen LogP contribution < -0.4 is 11.3 Å². The average Bonchev–Trinajstić information content (AvgIpc) is 2.46. The summed E-state index contributed by atoms with van der Waals surface area (Å²) in [7, 11) is 0. The van der Waals surface area contributed by atoms with E-state index in [-0.39, 0.29) is 0 Å². The molecule has 2 nitrogen and oxygen atoms in total. The van der Waals surface area contributed by atoms with Crippen LogP contribution in [0.25, 0.3) is 10.8 Å². The summed E-state index contributed by atoms with van der Waals surface area (Å²) in [6, 6.07) is 15.4. The molecule has 3 N–H and O–H groups in total. The van der Waals surface area contributed by atoms with Gasteiger partial charge in [0.2, 0.25) is 0 Å². The molecule has 0 saturated carbocycles. The largest absolute Gasteiger partial charge is 0.271 e. The van der Waals surface area contributed by atoms with Crippen LogP contribution in [-0.4, -0.2) is 17.5 Å². The molecule has 0 aromatic heterocycles. The molecule has 2 aromatic rings. The van der Waals surface area contributed by atoms with Crippen molar-refractivity contribution in [2.24, 2.45) is 5.84 Å². The third-order valence-corrected chi connectivity index (χ3v) is 4.58. The molecule has 19 heavy (non-hydrogen) atoms. The molecule has 0 aliphatic rings. The number of hydrogen-bond acceptors (Lipinski definition) is 3. The van der Waals surface area contributed by atoms with Gasteiger partial charge in [-0.3, -0.25) is 11.3 Å². The highest BCUT2D eigenvalue weighted by molar-refractivity contribution is 7.99. The van der Waals surface area contributed by atoms with Gasteiger partial charge in [-0.25, -0.2) is 0 Å². The first-order valence-electron chi connectivity index (χ1n) is 6.85. The number of thioether (sulfide) groups is 1. The molecule has 2 aromatic carbocycles. The minimum absolute atomic E-state index is 0.336. The highest BCUT2D eigenvalue weighted by Crippen LogP contribution is 2.20. The smallest absolute Gasteiger partial charge is 0.0341 e. The van der Waals surface area contributed by atoms with Crippen molar-refractivity contribution < 1.29 is 0 Å². The molecule has 0 aliphatic heterocycles. The second-order valence-electron chi connectivity index (χ2n) is 4.78. The molecule has 2 rings (SSSR count). The lowest BCUT2D eigenvalue weighted by molar-refractivity contribution is 0.577. The van der Waals surface area contributed by atoms with Crippen molar-refractivity contribution in [3.8, 4) is 0 Å². The third-order valence-electron chi connectivity index (χ3n) is 3.25. The lowest BCUT2D eigenvalue weighted by Gasteiger charge is -2.16. The summed E-state index contributed by atoms with van der Waals surface area (Å²) in [4.78, 5) is 0. The van der Waals surface area contributed by atoms with Gasteiger partial charge < -0.3 is 0 Å². The topological polar surface area (TPSA) is 38.0 Å². The van der Waals surface area contributed by atoms with Gasteiger partial charge in [-0.2, -0.15) is 11.8 Å². The highest BCUT2D eigenvalue weighted by Gasteiger charge is 2.09. The van der Waals surface area contributed by atoms with E-state index in [0.29, 0.717) is 6.04 Å². The molecule has 0 amide bonds. The van der Waals surface area contributed by atoms with E-state index in [1.807, 2.05) is 11.8 Å². The fourth-order valence-corrected chi connectivity index (χ4v) is 3.23. The molecule has 0 spiro atoms. The Balaban J connectivity index is 2.10. The molecule has 0 fully saturated rings. The zero-order valence-corrected chi connectivity index (χ0v) is 12.2.